The van der Waals surface area contributed by atoms with E-state index in [0.717, 1.165) is 47.0 Å². The van der Waals surface area contributed by atoms with E-state index in [1.165, 1.54) is 4.57 Å². The van der Waals surface area contributed by atoms with Crippen LogP contribution in [0.1, 0.15) is 36.9 Å². The van der Waals surface area contributed by atoms with Crippen molar-refractivity contribution < 1.29 is 20.1 Å². The number of ether oxygens (including phenoxy) is 1. The fourth-order valence-corrected chi connectivity index (χ4v) is 6.37. The molecule has 0 saturated carbocycles. The number of hydrogen-bond donors (Lipinski definition) is 3. The average Bonchev–Trinajstić information content (AvgIpc) is 3.40. The van der Waals surface area contributed by atoms with Gasteiger partial charge in [0.2, 0.25) is 5.88 Å². The Balaban J connectivity index is 1.14. The second-order valence-corrected chi connectivity index (χ2v) is 13.1. The number of β-amino-alcohol motifs (C(OH)–C–C–N with tert-alkyl or cyclic N) is 1. The lowest BCUT2D eigenvalue weighted by atomic mass is 9.87. The second-order valence-electron chi connectivity index (χ2n) is 11.5. The van der Waals surface area contributed by atoms with Crippen LogP contribution >= 0.6 is 22.9 Å². The molecule has 3 N–H and O–H groups in total. The number of halogens is 1. The van der Waals surface area contributed by atoms with Gasteiger partial charge in [-0.1, -0.05) is 32.4 Å². The van der Waals surface area contributed by atoms with Gasteiger partial charge in [0.25, 0.3) is 0 Å². The molecule has 1 fully saturated rings. The van der Waals surface area contributed by atoms with E-state index in [-0.39, 0.29) is 23.8 Å². The molecule has 0 aliphatic carbocycles. The van der Waals surface area contributed by atoms with Crippen molar-refractivity contribution in [3.8, 4) is 23.2 Å². The molecular formula is C30H37ClN4O4S. The maximum atomic E-state index is 11.0. The Bertz CT molecular complexity index is 1490. The van der Waals surface area contributed by atoms with Gasteiger partial charge in [-0.15, -0.1) is 11.3 Å². The summed E-state index contributed by atoms with van der Waals surface area (Å²) in [5.41, 5.74) is 3.02. The van der Waals surface area contributed by atoms with Gasteiger partial charge in [0.1, 0.15) is 18.5 Å². The fraction of sp³-hybridized carbons (Fsp3) is 0.433. The van der Waals surface area contributed by atoms with Crippen molar-refractivity contribution in [1.29, 1.82) is 0 Å². The van der Waals surface area contributed by atoms with Crippen LogP contribution in [-0.2, 0) is 12.0 Å². The molecule has 1 saturated heterocycles. The van der Waals surface area contributed by atoms with Crippen molar-refractivity contribution in [3.05, 3.63) is 63.6 Å². The monoisotopic (exact) mass is 584 g/mol. The van der Waals surface area contributed by atoms with Gasteiger partial charge in [0, 0.05) is 62.0 Å². The third-order valence-electron chi connectivity index (χ3n) is 7.28. The van der Waals surface area contributed by atoms with Gasteiger partial charge in [0.15, 0.2) is 5.88 Å². The number of aromatic nitrogens is 2. The molecule has 40 heavy (non-hydrogen) atoms. The number of aliphatic hydroxyl groups excluding tert-OH is 1. The van der Waals surface area contributed by atoms with E-state index in [1.807, 2.05) is 31.2 Å². The zero-order chi connectivity index (χ0) is 28.6. The molecule has 3 heterocycles. The van der Waals surface area contributed by atoms with Gasteiger partial charge in [-0.05, 0) is 48.2 Å². The number of fused-ring (bicyclic) bond motifs is 1. The van der Waals surface area contributed by atoms with Crippen LogP contribution in [0.5, 0.6) is 17.5 Å². The largest absolute Gasteiger partial charge is 0.494 e. The highest BCUT2D eigenvalue weighted by atomic mass is 35.5. The molecule has 0 bridgehead atoms. The van der Waals surface area contributed by atoms with Crippen LogP contribution in [0.3, 0.4) is 0 Å². The van der Waals surface area contributed by atoms with Gasteiger partial charge >= 0.3 is 0 Å². The van der Waals surface area contributed by atoms with E-state index in [2.05, 4.69) is 35.6 Å². The average molecular weight is 585 g/mol. The molecule has 0 spiro atoms. The predicted octanol–water partition coefficient (Wildman–Crippen LogP) is 5.32. The summed E-state index contributed by atoms with van der Waals surface area (Å²) in [7, 11) is 0. The lowest BCUT2D eigenvalue weighted by Gasteiger charge is -2.35. The van der Waals surface area contributed by atoms with Crippen molar-refractivity contribution >= 4 is 33.2 Å². The van der Waals surface area contributed by atoms with Gasteiger partial charge in [-0.25, -0.2) is 4.98 Å². The lowest BCUT2D eigenvalue weighted by Crippen LogP contribution is -2.48. The molecule has 4 aromatic rings. The van der Waals surface area contributed by atoms with Crippen LogP contribution in [-0.4, -0.2) is 80.1 Å². The van der Waals surface area contributed by atoms with Gasteiger partial charge in [-0.2, -0.15) is 0 Å². The molecule has 8 nitrogen and oxygen atoms in total. The molecule has 1 aliphatic rings. The summed E-state index contributed by atoms with van der Waals surface area (Å²) in [5.74, 6) is 0.728. The first-order chi connectivity index (χ1) is 19.0. The molecule has 0 radical (unpaired) electrons. The minimum atomic E-state index is -0.605. The third kappa shape index (κ3) is 6.39. The van der Waals surface area contributed by atoms with Crippen molar-refractivity contribution in [1.82, 2.24) is 19.4 Å². The maximum Gasteiger partial charge on any atom is 0.203 e. The first kappa shape index (κ1) is 28.7. The van der Waals surface area contributed by atoms with E-state index in [1.54, 1.807) is 29.5 Å². The molecule has 1 aliphatic heterocycles. The Kier molecular flexibility index (Phi) is 8.31. The number of rotatable bonds is 8. The first-order valence-electron chi connectivity index (χ1n) is 13.5. The summed E-state index contributed by atoms with van der Waals surface area (Å²) < 4.78 is 8.43. The summed E-state index contributed by atoms with van der Waals surface area (Å²) in [5, 5.41) is 34.0. The van der Waals surface area contributed by atoms with Crippen molar-refractivity contribution in [2.24, 2.45) is 0 Å². The third-order valence-corrected chi connectivity index (χ3v) is 8.57. The Morgan fingerprint density at radius 2 is 1.75 bits per heavy atom. The molecule has 5 rings (SSSR count). The van der Waals surface area contributed by atoms with Crippen molar-refractivity contribution in [2.75, 3.05) is 39.3 Å². The highest BCUT2D eigenvalue weighted by Gasteiger charge is 2.24. The second kappa shape index (κ2) is 11.6. The van der Waals surface area contributed by atoms with Crippen molar-refractivity contribution in [3.63, 3.8) is 0 Å². The standard InChI is InChI=1S/C30H37ClN4O4S/c1-19-32-26-15-23(6-8-27(26)40-19)39-18-22(36)17-34-11-9-33(10-12-34)16-20-13-28(37)35(29(20)38)21-5-7-25(31)24(14-21)30(2,3)4/h5-8,13-15,22,36-38H,9-12,16-18H2,1-4H3. The Morgan fingerprint density at radius 1 is 1.02 bits per heavy atom. The fourth-order valence-electron chi connectivity index (χ4n) is 5.16. The predicted molar refractivity (Wildman–Crippen MR) is 160 cm³/mol. The SMILES string of the molecule is Cc1nc2cc(OCC(O)CN3CCN(Cc4cc(O)n(-c5ccc(Cl)c(C(C)(C)C)c5)c4O)CC3)ccc2s1. The lowest BCUT2D eigenvalue weighted by molar-refractivity contribution is 0.0445. The van der Waals surface area contributed by atoms with E-state index in [4.69, 9.17) is 16.3 Å². The number of aliphatic hydroxyl groups is 1. The number of aryl methyl sites for hydroxylation is 1. The molecule has 2 aromatic carbocycles. The van der Waals surface area contributed by atoms with E-state index in [0.29, 0.717) is 35.1 Å². The number of aromatic hydroxyl groups is 2. The molecular weight excluding hydrogens is 548 g/mol. The summed E-state index contributed by atoms with van der Waals surface area (Å²) in [6.07, 6.45) is -0.605. The topological polar surface area (TPSA) is 94.2 Å². The van der Waals surface area contributed by atoms with Crippen LogP contribution in [0.15, 0.2) is 42.5 Å². The molecule has 2 aromatic heterocycles. The van der Waals surface area contributed by atoms with Gasteiger partial charge in [-0.3, -0.25) is 14.4 Å². The number of piperazine rings is 1. The molecule has 10 heteroatoms. The van der Waals surface area contributed by atoms with Gasteiger partial charge < -0.3 is 20.1 Å². The number of benzene rings is 2. The molecule has 1 atom stereocenters. The highest BCUT2D eigenvalue weighted by molar-refractivity contribution is 7.18. The number of nitrogens with zero attached hydrogens (tertiary/aromatic N) is 4. The first-order valence-corrected chi connectivity index (χ1v) is 14.7. The molecule has 1 unspecified atom stereocenters. The summed E-state index contributed by atoms with van der Waals surface area (Å²) in [4.78, 5) is 8.97. The Labute approximate surface area is 244 Å². The molecule has 214 valence electrons. The zero-order valence-electron chi connectivity index (χ0n) is 23.4. The highest BCUT2D eigenvalue weighted by Crippen LogP contribution is 2.36. The maximum absolute atomic E-state index is 11.0. The van der Waals surface area contributed by atoms with Crippen LogP contribution in [0.4, 0.5) is 0 Å². The van der Waals surface area contributed by atoms with Crippen LogP contribution in [0, 0.1) is 6.92 Å². The van der Waals surface area contributed by atoms with Crippen molar-refractivity contribution in [2.45, 2.75) is 45.8 Å². The molecule has 0 amide bonds. The summed E-state index contributed by atoms with van der Waals surface area (Å²) in [6.45, 7) is 12.6. The van der Waals surface area contributed by atoms with Crippen LogP contribution < -0.4 is 4.74 Å². The number of hydrogen-bond acceptors (Lipinski definition) is 8. The summed E-state index contributed by atoms with van der Waals surface area (Å²) >= 11 is 8.07. The van der Waals surface area contributed by atoms with Crippen LogP contribution in [0.25, 0.3) is 15.9 Å². The Morgan fingerprint density at radius 3 is 2.48 bits per heavy atom. The van der Waals surface area contributed by atoms with Crippen LogP contribution in [0.2, 0.25) is 5.02 Å². The smallest absolute Gasteiger partial charge is 0.203 e. The van der Waals surface area contributed by atoms with E-state index < -0.39 is 6.10 Å². The quantitative estimate of drug-likeness (QED) is 0.258. The minimum absolute atomic E-state index is 0.0134. The Hall–Kier alpha value is -2.82. The van der Waals surface area contributed by atoms with Gasteiger partial charge in [0.05, 0.1) is 20.9 Å². The minimum Gasteiger partial charge on any atom is -0.494 e. The normalized spacial score (nSPS) is 16.1. The summed E-state index contributed by atoms with van der Waals surface area (Å²) in [6, 6.07) is 13.0. The number of thiazole rings is 1. The van der Waals surface area contributed by atoms with E-state index >= 15 is 0 Å². The van der Waals surface area contributed by atoms with E-state index in [9.17, 15) is 15.3 Å². The zero-order valence-corrected chi connectivity index (χ0v) is 25.0.